The molecule has 2 saturated carbocycles. The molecule has 2 aliphatic rings. The summed E-state index contributed by atoms with van der Waals surface area (Å²) in [7, 11) is 0. The summed E-state index contributed by atoms with van der Waals surface area (Å²) in [6.45, 7) is 7.73. The Morgan fingerprint density at radius 3 is 1.48 bits per heavy atom. The maximum atomic E-state index is 9.45. The molecule has 6 atom stereocenters. The number of aliphatic hydroxyl groups is 2. The number of carboxylic acids is 2. The van der Waals surface area contributed by atoms with E-state index in [-0.39, 0.29) is 98.0 Å². The molecule has 279 valence electrons. The van der Waals surface area contributed by atoms with Gasteiger partial charge in [0, 0.05) is 48.3 Å². The van der Waals surface area contributed by atoms with E-state index in [9.17, 15) is 9.59 Å². The molecule has 46 heavy (non-hydrogen) atoms. The molecule has 2 aliphatic carbocycles. The van der Waals surface area contributed by atoms with Crippen molar-refractivity contribution in [3.8, 4) is 0 Å². The van der Waals surface area contributed by atoms with Crippen LogP contribution in [0.2, 0.25) is 0 Å². The summed E-state index contributed by atoms with van der Waals surface area (Å²) in [5.74, 6) is -1.59. The van der Waals surface area contributed by atoms with E-state index in [2.05, 4.69) is 41.1 Å². The Hall–Kier alpha value is 0.469. The number of hydrogen-bond acceptors (Lipinski definition) is 8. The summed E-state index contributed by atoms with van der Waals surface area (Å²) in [5, 5.41) is 42.6. The molecule has 11 nitrogen and oxygen atoms in total. The zero-order chi connectivity index (χ0) is 29.2. The topological polar surface area (TPSA) is 188 Å². The number of aliphatic carboxylic acids is 2. The van der Waals surface area contributed by atoms with Gasteiger partial charge in [-0.2, -0.15) is 81.0 Å². The van der Waals surface area contributed by atoms with Crippen LogP contribution in [0.3, 0.4) is 0 Å². The number of aliphatic hydroxyl groups excluding tert-OH is 2. The molecule has 0 amide bonds. The second kappa shape index (κ2) is 36.7. The van der Waals surface area contributed by atoms with Crippen LogP contribution < -0.4 is 16.0 Å². The zero-order valence-electron chi connectivity index (χ0n) is 27.1. The minimum absolute atomic E-state index is 0. The van der Waals surface area contributed by atoms with Crippen LogP contribution in [0.4, 0.5) is 0 Å². The van der Waals surface area contributed by atoms with Crippen LogP contribution in [0.5, 0.6) is 0 Å². The molecule has 0 spiro atoms. The van der Waals surface area contributed by atoms with Gasteiger partial charge in [-0.15, -0.1) is 6.54 Å². The fourth-order valence-corrected chi connectivity index (χ4v) is 4.69. The first-order valence-electron chi connectivity index (χ1n) is 14.2. The van der Waals surface area contributed by atoms with Gasteiger partial charge in [0.15, 0.2) is 0 Å². The molecule has 1 aromatic heterocycles. The van der Waals surface area contributed by atoms with Crippen LogP contribution in [-0.2, 0) is 39.7 Å². The molecule has 8 N–H and O–H groups in total. The van der Waals surface area contributed by atoms with Gasteiger partial charge < -0.3 is 42.1 Å². The van der Waals surface area contributed by atoms with Gasteiger partial charge in [0.05, 0.1) is 11.4 Å². The van der Waals surface area contributed by atoms with Gasteiger partial charge in [0.25, 0.3) is 0 Å². The Balaban J connectivity index is -0.000000139. The number of nitrogens with one attached hydrogen (secondary N) is 4. The molecule has 0 bridgehead atoms. The van der Waals surface area contributed by atoms with Crippen molar-refractivity contribution in [3.05, 3.63) is 35.3 Å². The summed E-state index contributed by atoms with van der Waals surface area (Å²) in [6, 6.07) is 8.06. The monoisotopic (exact) mass is 811 g/mol. The van der Waals surface area contributed by atoms with Crippen molar-refractivity contribution in [3.63, 3.8) is 0 Å². The average Bonchev–Trinajstić information content (AvgIpc) is 2.91. The van der Waals surface area contributed by atoms with Crippen LogP contribution in [0.1, 0.15) is 83.5 Å². The molecular formula is C28H62MnN5O6S6-. The van der Waals surface area contributed by atoms with Crippen LogP contribution >= 0.6 is 81.0 Å². The molecule has 1 radical (unpaired) electrons. The Bertz CT molecular complexity index is 840. The van der Waals surface area contributed by atoms with Crippen molar-refractivity contribution in [1.82, 2.24) is 20.9 Å². The van der Waals surface area contributed by atoms with Crippen LogP contribution in [0, 0.1) is 5.92 Å². The summed E-state index contributed by atoms with van der Waals surface area (Å²) < 4.78 is 0. The van der Waals surface area contributed by atoms with Crippen molar-refractivity contribution in [2.45, 2.75) is 116 Å². The van der Waals surface area contributed by atoms with Gasteiger partial charge in [-0.1, -0.05) is 38.7 Å². The molecule has 0 aliphatic heterocycles. The molecule has 18 heteroatoms. The normalized spacial score (nSPS) is 20.6. The molecular weight excluding hydrogens is 750 g/mol. The average molecular weight is 812 g/mol. The predicted molar refractivity (Wildman–Crippen MR) is 213 cm³/mol. The van der Waals surface area contributed by atoms with Crippen molar-refractivity contribution in [2.24, 2.45) is 5.92 Å². The summed E-state index contributed by atoms with van der Waals surface area (Å²) >= 11 is 0. The number of rotatable bonds is 11. The predicted octanol–water partition coefficient (Wildman–Crippen LogP) is 3.37. The Kier molecular flexibility index (Phi) is 49.3. The number of hydrogen-bond donors (Lipinski definition) is 7. The third-order valence-corrected chi connectivity index (χ3v) is 7.08. The van der Waals surface area contributed by atoms with E-state index < -0.39 is 24.1 Å². The minimum atomic E-state index is -1.23. The SMILES string of the molecule is C[C@H](O)C(=O)O.C[C@H](O)C(=O)O.C[C@H]1CCCC[C@@H]1NCc1cccc(CN[C@H]2CCCC[C@@H]2NCC[NH-])n1.S.S.S.S.S.S.[Mn]. The van der Waals surface area contributed by atoms with Crippen LogP contribution in [-0.4, -0.2) is 80.8 Å². The molecule has 0 unspecified atom stereocenters. The Morgan fingerprint density at radius 1 is 0.761 bits per heavy atom. The first-order chi connectivity index (χ1) is 18.5. The van der Waals surface area contributed by atoms with Crippen molar-refractivity contribution < 1.29 is 47.1 Å². The van der Waals surface area contributed by atoms with E-state index >= 15 is 0 Å². The van der Waals surface area contributed by atoms with E-state index in [1.165, 1.54) is 65.2 Å². The second-order valence-corrected chi connectivity index (χ2v) is 10.5. The number of pyridine rings is 1. The van der Waals surface area contributed by atoms with Crippen molar-refractivity contribution in [1.29, 1.82) is 0 Å². The van der Waals surface area contributed by atoms with E-state index in [4.69, 9.17) is 31.1 Å². The van der Waals surface area contributed by atoms with Crippen LogP contribution in [0.25, 0.3) is 5.73 Å². The van der Waals surface area contributed by atoms with E-state index in [1.807, 2.05) is 0 Å². The van der Waals surface area contributed by atoms with Gasteiger partial charge >= 0.3 is 11.9 Å². The standard InChI is InChI=1S/C22H38N5.2C3H6O3.Mn.6H2S/c1-17-7-2-3-10-20(17)25-15-18-8-6-9-19(27-18)16-26-22-12-5-4-11-21(22)24-14-13-23;2*1-2(4)3(5)6;;;;;;;/h6,8-9,17,20-26H,2-5,7,10-16H2,1H3;2*2,4H,1H3,(H,5,6);;6*1H2/q-1;;;;;;;;;/t17-,20-,21-,22-;2*2-;;;;;;;/m000......./s1. The number of carboxylic acid groups (broad SMARTS) is 2. The third kappa shape index (κ3) is 28.3. The first-order valence-corrected chi connectivity index (χ1v) is 14.2. The van der Waals surface area contributed by atoms with Gasteiger partial charge in [0.2, 0.25) is 0 Å². The largest absolute Gasteiger partial charge is 0.676 e. The number of aromatic nitrogens is 1. The number of carbonyl (C=O) groups is 2. The van der Waals surface area contributed by atoms with Crippen LogP contribution in [0.15, 0.2) is 18.2 Å². The fourth-order valence-electron chi connectivity index (χ4n) is 4.69. The Morgan fingerprint density at radius 2 is 1.11 bits per heavy atom. The van der Waals surface area contributed by atoms with E-state index in [0.717, 1.165) is 36.9 Å². The van der Waals surface area contributed by atoms with Crippen molar-refractivity contribution in [2.75, 3.05) is 13.1 Å². The van der Waals surface area contributed by atoms with E-state index in [0.29, 0.717) is 24.7 Å². The summed E-state index contributed by atoms with van der Waals surface area (Å²) in [4.78, 5) is 23.8. The molecule has 1 heterocycles. The van der Waals surface area contributed by atoms with E-state index in [1.54, 1.807) is 0 Å². The molecule has 0 saturated heterocycles. The Labute approximate surface area is 328 Å². The van der Waals surface area contributed by atoms with Gasteiger partial charge in [-0.3, -0.25) is 4.98 Å². The fraction of sp³-hybridized carbons (Fsp3) is 0.750. The quantitative estimate of drug-likeness (QED) is 0.164. The summed E-state index contributed by atoms with van der Waals surface area (Å²) in [6.07, 6.45) is 7.97. The summed E-state index contributed by atoms with van der Waals surface area (Å²) in [5.41, 5.74) is 9.66. The van der Waals surface area contributed by atoms with Crippen molar-refractivity contribution >= 4 is 92.9 Å². The maximum absolute atomic E-state index is 9.45. The smallest absolute Gasteiger partial charge is 0.332 e. The van der Waals surface area contributed by atoms with Gasteiger partial charge in [0.1, 0.15) is 12.2 Å². The number of nitrogens with zero attached hydrogens (tertiary/aromatic N) is 1. The molecule has 1 aromatic rings. The van der Waals surface area contributed by atoms with Gasteiger partial charge in [-0.05, 0) is 64.1 Å². The maximum Gasteiger partial charge on any atom is 0.332 e. The second-order valence-electron chi connectivity index (χ2n) is 10.5. The first kappa shape index (κ1) is 61.7. The molecule has 0 aromatic carbocycles. The zero-order valence-corrected chi connectivity index (χ0v) is 34.3. The molecule has 2 fully saturated rings. The third-order valence-electron chi connectivity index (χ3n) is 7.08. The van der Waals surface area contributed by atoms with Gasteiger partial charge in [-0.25, -0.2) is 9.59 Å². The minimum Gasteiger partial charge on any atom is -0.676 e. The molecule has 3 rings (SSSR count).